The number of carbonyl (C=O) groups excluding carboxylic acids is 2. The molecule has 2 aliphatic rings. The third-order valence-electron chi connectivity index (χ3n) is 9.45. The van der Waals surface area contributed by atoms with Gasteiger partial charge in [-0.3, -0.25) is 0 Å². The molecule has 2 heterocycles. The Hall–Kier alpha value is -5.24. The van der Waals surface area contributed by atoms with Crippen molar-refractivity contribution in [3.8, 4) is 0 Å². The molecule has 0 radical (unpaired) electrons. The first-order chi connectivity index (χ1) is 27.5. The zero-order valence-corrected chi connectivity index (χ0v) is 30.6. The van der Waals surface area contributed by atoms with E-state index in [1.54, 1.807) is 60.7 Å². The van der Waals surface area contributed by atoms with Crippen LogP contribution in [0.5, 0.6) is 0 Å². The Labute approximate surface area is 325 Å². The van der Waals surface area contributed by atoms with E-state index < -0.39 is 61.1 Å². The fraction of sp³-hybridized carbons (Fsp3) is 0.289. The quantitative estimate of drug-likeness (QED) is 0.108. The third kappa shape index (κ3) is 10.3. The summed E-state index contributed by atoms with van der Waals surface area (Å²) < 4.78 is 49.8. The van der Waals surface area contributed by atoms with Gasteiger partial charge in [0.1, 0.15) is 31.0 Å². The van der Waals surface area contributed by atoms with E-state index in [1.165, 1.54) is 0 Å². The molecule has 5 aromatic rings. The Morgan fingerprint density at radius 2 is 0.964 bits per heavy atom. The van der Waals surface area contributed by atoms with Crippen molar-refractivity contribution in [3.05, 3.63) is 179 Å². The molecule has 2 aliphatic heterocycles. The Bertz CT molecular complexity index is 1930. The lowest BCUT2D eigenvalue weighted by Crippen LogP contribution is -2.46. The highest BCUT2D eigenvalue weighted by molar-refractivity contribution is 5.90. The molecular weight excluding hydrogens is 716 g/mol. The summed E-state index contributed by atoms with van der Waals surface area (Å²) in [6.45, 7) is 0.585. The highest BCUT2D eigenvalue weighted by Crippen LogP contribution is 2.35. The van der Waals surface area contributed by atoms with Gasteiger partial charge in [-0.05, 0) is 41.0 Å². The first kappa shape index (κ1) is 39.0. The number of hydrogen-bond acceptors (Lipinski definition) is 11. The van der Waals surface area contributed by atoms with Crippen molar-refractivity contribution in [3.63, 3.8) is 0 Å². The normalized spacial score (nSPS) is 24.4. The average Bonchev–Trinajstić information content (AvgIpc) is 3.73. The number of carbonyl (C=O) groups is 2. The van der Waals surface area contributed by atoms with Gasteiger partial charge in [0, 0.05) is 0 Å². The van der Waals surface area contributed by atoms with Crippen LogP contribution in [0.3, 0.4) is 0 Å². The Morgan fingerprint density at radius 1 is 0.500 bits per heavy atom. The van der Waals surface area contributed by atoms with Crippen molar-refractivity contribution in [2.24, 2.45) is 0 Å². The van der Waals surface area contributed by atoms with Gasteiger partial charge in [0.15, 0.2) is 24.8 Å². The van der Waals surface area contributed by atoms with Gasteiger partial charge >= 0.3 is 11.9 Å². The maximum absolute atomic E-state index is 13.5. The molecule has 1 N–H and O–H groups in total. The SMILES string of the molecule is O=C(OC[C@H]1O[C@H](O)[C@@H](O[C@@H]2O[C@H](COCc3ccccc3)[C@@H](OCc3ccccc3)[C@@H]2OCc2ccccc2)[C@@H]1OC(=O)c1ccccc1)c1ccccc1. The molecule has 0 unspecified atom stereocenters. The summed E-state index contributed by atoms with van der Waals surface area (Å²) in [4.78, 5) is 26.4. The largest absolute Gasteiger partial charge is 0.459 e. The second-order valence-corrected chi connectivity index (χ2v) is 13.4. The highest BCUT2D eigenvalue weighted by Gasteiger charge is 2.54. The molecule has 0 aliphatic carbocycles. The van der Waals surface area contributed by atoms with Gasteiger partial charge in [0.05, 0.1) is 37.6 Å². The van der Waals surface area contributed by atoms with Gasteiger partial charge in [-0.2, -0.15) is 0 Å². The van der Waals surface area contributed by atoms with Gasteiger partial charge in [-0.15, -0.1) is 0 Å². The fourth-order valence-corrected chi connectivity index (χ4v) is 6.58. The predicted octanol–water partition coefficient (Wildman–Crippen LogP) is 6.28. The van der Waals surface area contributed by atoms with Crippen LogP contribution in [-0.4, -0.2) is 79.5 Å². The molecule has 290 valence electrons. The standard InChI is InChI=1S/C45H44O11/c46-42(34-22-12-4-13-23-34)52-30-37-39(55-43(47)35-24-14-5-15-25-35)40(44(48)53-37)56-45-41(51-28-33-20-10-3-11-21-33)38(50-27-32-18-8-2-9-19-32)36(54-45)29-49-26-31-16-6-1-7-17-31/h1-25,36-41,44-45,48H,26-30H2/t36-,37-,38-,39-,40+,41+,44+,45+/m1/s1. The van der Waals surface area contributed by atoms with Gasteiger partial charge < -0.3 is 43.0 Å². The molecule has 56 heavy (non-hydrogen) atoms. The fourth-order valence-electron chi connectivity index (χ4n) is 6.58. The van der Waals surface area contributed by atoms with Crippen molar-refractivity contribution >= 4 is 11.9 Å². The molecule has 7 rings (SSSR count). The molecule has 5 aromatic carbocycles. The average molecular weight is 761 g/mol. The highest BCUT2D eigenvalue weighted by atomic mass is 16.8. The van der Waals surface area contributed by atoms with E-state index in [9.17, 15) is 14.7 Å². The lowest BCUT2D eigenvalue weighted by molar-refractivity contribution is -0.243. The summed E-state index contributed by atoms with van der Waals surface area (Å²) in [7, 11) is 0. The lowest BCUT2D eigenvalue weighted by Gasteiger charge is -2.29. The maximum Gasteiger partial charge on any atom is 0.338 e. The second-order valence-electron chi connectivity index (χ2n) is 13.4. The molecule has 0 amide bonds. The maximum atomic E-state index is 13.5. The zero-order chi connectivity index (χ0) is 38.5. The molecule has 0 spiro atoms. The van der Waals surface area contributed by atoms with Crippen LogP contribution in [0, 0.1) is 0 Å². The number of hydrogen-bond donors (Lipinski definition) is 1. The van der Waals surface area contributed by atoms with Crippen LogP contribution < -0.4 is 0 Å². The first-order valence-corrected chi connectivity index (χ1v) is 18.6. The minimum absolute atomic E-state index is 0.133. The number of ether oxygens (including phenoxy) is 8. The smallest absolute Gasteiger partial charge is 0.338 e. The van der Waals surface area contributed by atoms with E-state index in [4.69, 9.17) is 37.9 Å². The summed E-state index contributed by atoms with van der Waals surface area (Å²) in [5, 5.41) is 11.4. The molecule has 11 heteroatoms. The minimum atomic E-state index is -1.60. The molecule has 0 saturated carbocycles. The van der Waals surface area contributed by atoms with Gasteiger partial charge in [-0.25, -0.2) is 9.59 Å². The molecular formula is C45H44O11. The van der Waals surface area contributed by atoms with Crippen LogP contribution in [0.2, 0.25) is 0 Å². The number of benzene rings is 5. The van der Waals surface area contributed by atoms with E-state index in [1.807, 2.05) is 91.0 Å². The van der Waals surface area contributed by atoms with E-state index in [2.05, 4.69) is 0 Å². The monoisotopic (exact) mass is 760 g/mol. The Balaban J connectivity index is 1.14. The Kier molecular flexibility index (Phi) is 13.6. The summed E-state index contributed by atoms with van der Waals surface area (Å²) in [5.74, 6) is -1.28. The topological polar surface area (TPSA) is 128 Å². The summed E-state index contributed by atoms with van der Waals surface area (Å²) in [5.41, 5.74) is 3.46. The van der Waals surface area contributed by atoms with Crippen molar-refractivity contribution in [1.82, 2.24) is 0 Å². The van der Waals surface area contributed by atoms with Gasteiger partial charge in [0.2, 0.25) is 0 Å². The molecule has 0 aromatic heterocycles. The number of aliphatic hydroxyl groups excluding tert-OH is 1. The van der Waals surface area contributed by atoms with E-state index in [0.717, 1.165) is 16.7 Å². The van der Waals surface area contributed by atoms with Crippen LogP contribution in [-0.2, 0) is 57.7 Å². The van der Waals surface area contributed by atoms with E-state index >= 15 is 0 Å². The lowest BCUT2D eigenvalue weighted by atomic mass is 10.1. The van der Waals surface area contributed by atoms with Crippen LogP contribution in [0.25, 0.3) is 0 Å². The zero-order valence-electron chi connectivity index (χ0n) is 30.6. The van der Waals surface area contributed by atoms with Crippen LogP contribution in [0.1, 0.15) is 37.4 Å². The summed E-state index contributed by atoms with van der Waals surface area (Å²) >= 11 is 0. The predicted molar refractivity (Wildman–Crippen MR) is 203 cm³/mol. The molecule has 2 saturated heterocycles. The summed E-state index contributed by atoms with van der Waals surface area (Å²) in [6, 6.07) is 46.0. The first-order valence-electron chi connectivity index (χ1n) is 18.6. The van der Waals surface area contributed by atoms with Crippen molar-refractivity contribution in [1.29, 1.82) is 0 Å². The molecule has 8 atom stereocenters. The number of rotatable bonds is 17. The molecule has 0 bridgehead atoms. The van der Waals surface area contributed by atoms with Crippen LogP contribution in [0.15, 0.2) is 152 Å². The van der Waals surface area contributed by atoms with Crippen LogP contribution in [0.4, 0.5) is 0 Å². The van der Waals surface area contributed by atoms with Crippen molar-refractivity contribution in [2.45, 2.75) is 69.0 Å². The summed E-state index contributed by atoms with van der Waals surface area (Å²) in [6.07, 6.45) is -8.53. The molecule has 2 fully saturated rings. The van der Waals surface area contributed by atoms with E-state index in [0.29, 0.717) is 12.2 Å². The van der Waals surface area contributed by atoms with E-state index in [-0.39, 0.29) is 32.0 Å². The minimum Gasteiger partial charge on any atom is -0.459 e. The second kappa shape index (κ2) is 19.6. The Morgan fingerprint density at radius 3 is 1.52 bits per heavy atom. The van der Waals surface area contributed by atoms with Crippen molar-refractivity contribution in [2.75, 3.05) is 13.2 Å². The van der Waals surface area contributed by atoms with Crippen molar-refractivity contribution < 1.29 is 52.6 Å². The van der Waals surface area contributed by atoms with Crippen LogP contribution >= 0.6 is 0 Å². The van der Waals surface area contributed by atoms with Gasteiger partial charge in [0.25, 0.3) is 0 Å². The molecule has 11 nitrogen and oxygen atoms in total. The number of esters is 2. The van der Waals surface area contributed by atoms with Gasteiger partial charge in [-0.1, -0.05) is 127 Å². The number of aliphatic hydroxyl groups is 1. The third-order valence-corrected chi connectivity index (χ3v) is 9.45.